The Labute approximate surface area is 183 Å². The fraction of sp³-hybridized carbons (Fsp3) is 0.481. The van der Waals surface area contributed by atoms with Gasteiger partial charge in [0.25, 0.3) is 0 Å². The second-order valence-electron chi connectivity index (χ2n) is 10.5. The maximum absolute atomic E-state index is 6.31. The molecule has 0 spiro atoms. The Morgan fingerprint density at radius 1 is 0.867 bits per heavy atom. The van der Waals surface area contributed by atoms with Crippen LogP contribution in [-0.2, 0) is 22.7 Å². The minimum Gasteiger partial charge on any atom is -0.376 e. The van der Waals surface area contributed by atoms with Gasteiger partial charge in [0, 0.05) is 5.41 Å². The zero-order valence-electron chi connectivity index (χ0n) is 18.8. The molecule has 30 heavy (non-hydrogen) atoms. The summed E-state index contributed by atoms with van der Waals surface area (Å²) in [4.78, 5) is 0. The molecule has 2 fully saturated rings. The van der Waals surface area contributed by atoms with Crippen molar-refractivity contribution in [2.45, 2.75) is 52.1 Å². The number of ether oxygens (including phenoxy) is 2. The maximum atomic E-state index is 6.31. The van der Waals surface area contributed by atoms with E-state index in [4.69, 9.17) is 9.47 Å². The summed E-state index contributed by atoms with van der Waals surface area (Å²) in [6, 6.07) is 21.0. The predicted molar refractivity (Wildman–Crippen MR) is 127 cm³/mol. The summed E-state index contributed by atoms with van der Waals surface area (Å²) in [7, 11) is -1.23. The van der Waals surface area contributed by atoms with Crippen LogP contribution in [-0.4, -0.2) is 21.3 Å². The van der Waals surface area contributed by atoms with Crippen LogP contribution in [0.4, 0.5) is 0 Å². The van der Waals surface area contributed by atoms with E-state index in [1.165, 1.54) is 24.0 Å². The summed E-state index contributed by atoms with van der Waals surface area (Å²) in [5, 5.41) is 0. The lowest BCUT2D eigenvalue weighted by Crippen LogP contribution is -2.37. The van der Waals surface area contributed by atoms with Gasteiger partial charge in [0.15, 0.2) is 0 Å². The topological polar surface area (TPSA) is 18.5 Å². The fourth-order valence-corrected chi connectivity index (χ4v) is 6.44. The van der Waals surface area contributed by atoms with Crippen molar-refractivity contribution < 1.29 is 9.47 Å². The Morgan fingerprint density at radius 3 is 1.90 bits per heavy atom. The third-order valence-corrected chi connectivity index (χ3v) is 7.57. The second-order valence-corrected chi connectivity index (χ2v) is 15.5. The standard InChI is InChI=1S/C27H36O2Si/c1-30(2,3)19-25-16-27(15-24-14-26(24)25,20-28-17-22-10-6-4-7-11-22)21-29-18-23-12-8-5-9-13-23/h4-13,19,24,26H,14-18,20-21H2,1-3H3/b25-19-/t24-,26-/m0/s1. The van der Waals surface area contributed by atoms with E-state index in [0.29, 0.717) is 13.2 Å². The number of benzene rings is 2. The van der Waals surface area contributed by atoms with Gasteiger partial charge in [0.2, 0.25) is 0 Å². The van der Waals surface area contributed by atoms with Gasteiger partial charge in [-0.25, -0.2) is 0 Å². The molecule has 4 rings (SSSR count). The fourth-order valence-electron chi connectivity index (χ4n) is 5.01. The quantitative estimate of drug-likeness (QED) is 0.423. The molecule has 2 nitrogen and oxygen atoms in total. The minimum atomic E-state index is -1.23. The van der Waals surface area contributed by atoms with Gasteiger partial charge in [-0.1, -0.05) is 91.6 Å². The summed E-state index contributed by atoms with van der Waals surface area (Å²) < 4.78 is 12.6. The van der Waals surface area contributed by atoms with Crippen LogP contribution in [0.25, 0.3) is 0 Å². The zero-order valence-corrected chi connectivity index (χ0v) is 19.8. The first-order valence-electron chi connectivity index (χ1n) is 11.4. The molecule has 2 aromatic rings. The average molecular weight is 421 g/mol. The summed E-state index contributed by atoms with van der Waals surface area (Å²) >= 11 is 0. The van der Waals surface area contributed by atoms with E-state index in [2.05, 4.69) is 86.0 Å². The molecule has 0 radical (unpaired) electrons. The van der Waals surface area contributed by atoms with Gasteiger partial charge < -0.3 is 9.47 Å². The molecule has 0 N–H and O–H groups in total. The van der Waals surface area contributed by atoms with E-state index >= 15 is 0 Å². The van der Waals surface area contributed by atoms with Crippen LogP contribution in [0.5, 0.6) is 0 Å². The van der Waals surface area contributed by atoms with E-state index in [0.717, 1.165) is 31.5 Å². The van der Waals surface area contributed by atoms with E-state index < -0.39 is 8.07 Å². The van der Waals surface area contributed by atoms with Crippen molar-refractivity contribution in [3.63, 3.8) is 0 Å². The van der Waals surface area contributed by atoms with Crippen LogP contribution in [0.15, 0.2) is 71.9 Å². The molecular formula is C27H36O2Si. The molecule has 0 bridgehead atoms. The van der Waals surface area contributed by atoms with Gasteiger partial charge in [-0.15, -0.1) is 0 Å². The first-order chi connectivity index (χ1) is 14.4. The lowest BCUT2D eigenvalue weighted by Gasteiger charge is -2.38. The first kappa shape index (κ1) is 21.5. The monoisotopic (exact) mass is 420 g/mol. The summed E-state index contributed by atoms with van der Waals surface area (Å²) in [5.41, 5.74) is 6.97. The Balaban J connectivity index is 1.45. The van der Waals surface area contributed by atoms with Crippen LogP contribution in [0, 0.1) is 17.3 Å². The number of fused-ring (bicyclic) bond motifs is 1. The van der Waals surface area contributed by atoms with Crippen LogP contribution >= 0.6 is 0 Å². The van der Waals surface area contributed by atoms with Crippen molar-refractivity contribution in [1.82, 2.24) is 0 Å². The molecule has 2 aliphatic carbocycles. The van der Waals surface area contributed by atoms with Crippen molar-refractivity contribution in [2.75, 3.05) is 13.2 Å². The summed E-state index contributed by atoms with van der Waals surface area (Å²) in [6.45, 7) is 10.3. The number of hydrogen-bond donors (Lipinski definition) is 0. The second kappa shape index (κ2) is 9.21. The molecule has 2 atom stereocenters. The van der Waals surface area contributed by atoms with Gasteiger partial charge in [0.05, 0.1) is 34.5 Å². The maximum Gasteiger partial charge on any atom is 0.0717 e. The predicted octanol–water partition coefficient (Wildman–Crippen LogP) is 6.64. The number of rotatable bonds is 9. The van der Waals surface area contributed by atoms with Gasteiger partial charge in [0.1, 0.15) is 0 Å². The SMILES string of the molecule is C[Si](C)(C)/C=C1/CC(COCc2ccccc2)(COCc2ccccc2)C[C@@H]2C[C@H]12. The molecule has 0 unspecified atom stereocenters. The molecule has 0 amide bonds. The number of hydrogen-bond acceptors (Lipinski definition) is 2. The Bertz CT molecular complexity index is 793. The van der Waals surface area contributed by atoms with E-state index in [1.807, 2.05) is 0 Å². The largest absolute Gasteiger partial charge is 0.376 e. The van der Waals surface area contributed by atoms with E-state index in [9.17, 15) is 0 Å². The Hall–Kier alpha value is -1.68. The molecule has 160 valence electrons. The first-order valence-corrected chi connectivity index (χ1v) is 15.0. The van der Waals surface area contributed by atoms with Gasteiger partial charge in [-0.3, -0.25) is 0 Å². The third-order valence-electron chi connectivity index (χ3n) is 6.33. The zero-order chi connectivity index (χ0) is 21.0. The van der Waals surface area contributed by atoms with Crippen LogP contribution < -0.4 is 0 Å². The van der Waals surface area contributed by atoms with Crippen molar-refractivity contribution >= 4 is 8.07 Å². The Kier molecular flexibility index (Phi) is 6.62. The molecule has 0 saturated heterocycles. The van der Waals surface area contributed by atoms with Gasteiger partial charge in [-0.05, 0) is 42.2 Å². The van der Waals surface area contributed by atoms with Gasteiger partial charge in [-0.2, -0.15) is 0 Å². The average Bonchev–Trinajstić information content (AvgIpc) is 3.48. The molecular weight excluding hydrogens is 384 g/mol. The molecule has 0 aromatic heterocycles. The summed E-state index contributed by atoms with van der Waals surface area (Å²) in [5.74, 6) is 1.68. The number of allylic oxidation sites excluding steroid dienone is 1. The highest BCUT2D eigenvalue weighted by molar-refractivity contribution is 6.81. The molecule has 2 aliphatic rings. The molecule has 2 aromatic carbocycles. The van der Waals surface area contributed by atoms with Crippen LogP contribution in [0.1, 0.15) is 30.4 Å². The van der Waals surface area contributed by atoms with Crippen LogP contribution in [0.2, 0.25) is 19.6 Å². The normalized spacial score (nSPS) is 23.9. The lowest BCUT2D eigenvalue weighted by molar-refractivity contribution is -0.0453. The minimum absolute atomic E-state index is 0.104. The lowest BCUT2D eigenvalue weighted by atomic mass is 9.73. The Morgan fingerprint density at radius 2 is 1.40 bits per heavy atom. The molecule has 0 heterocycles. The van der Waals surface area contributed by atoms with E-state index in [1.54, 1.807) is 5.57 Å². The van der Waals surface area contributed by atoms with Crippen molar-refractivity contribution in [1.29, 1.82) is 0 Å². The van der Waals surface area contributed by atoms with Crippen molar-refractivity contribution in [3.8, 4) is 0 Å². The third kappa shape index (κ3) is 5.93. The summed E-state index contributed by atoms with van der Waals surface area (Å²) in [6.07, 6.45) is 3.75. The highest BCUT2D eigenvalue weighted by atomic mass is 28.3. The smallest absolute Gasteiger partial charge is 0.0717 e. The van der Waals surface area contributed by atoms with Crippen molar-refractivity contribution in [3.05, 3.63) is 83.1 Å². The molecule has 2 saturated carbocycles. The van der Waals surface area contributed by atoms with E-state index in [-0.39, 0.29) is 5.41 Å². The molecule has 3 heteroatoms. The highest BCUT2D eigenvalue weighted by Gasteiger charge is 2.51. The van der Waals surface area contributed by atoms with Gasteiger partial charge >= 0.3 is 0 Å². The van der Waals surface area contributed by atoms with Crippen LogP contribution in [0.3, 0.4) is 0 Å². The van der Waals surface area contributed by atoms with Crippen molar-refractivity contribution in [2.24, 2.45) is 17.3 Å². The molecule has 0 aliphatic heterocycles. The highest BCUT2D eigenvalue weighted by Crippen LogP contribution is 2.59.